The van der Waals surface area contributed by atoms with Crippen LogP contribution in [0.1, 0.15) is 80.7 Å². The van der Waals surface area contributed by atoms with Crippen LogP contribution < -0.4 is 36.6 Å². The number of amides is 2. The molecule has 3 aromatic heterocycles. The first-order chi connectivity index (χ1) is 34.4. The van der Waals surface area contributed by atoms with Crippen molar-refractivity contribution >= 4 is 91.0 Å². The van der Waals surface area contributed by atoms with Gasteiger partial charge in [-0.25, -0.2) is 9.78 Å². The van der Waals surface area contributed by atoms with Crippen molar-refractivity contribution in [1.29, 1.82) is 0 Å². The van der Waals surface area contributed by atoms with Gasteiger partial charge in [0.05, 0.1) is 45.4 Å². The zero-order chi connectivity index (χ0) is 49.6. The minimum atomic E-state index is -2.65. The minimum Gasteiger partial charge on any atom is -0.494 e. The van der Waals surface area contributed by atoms with Gasteiger partial charge < -0.3 is 29.7 Å². The van der Waals surface area contributed by atoms with E-state index in [2.05, 4.69) is 89.7 Å². The lowest BCUT2D eigenvalue weighted by molar-refractivity contribution is -0.134. The number of carbonyl (C=O) groups is 2. The van der Waals surface area contributed by atoms with Crippen LogP contribution in [0.25, 0.3) is 21.9 Å². The van der Waals surface area contributed by atoms with Crippen LogP contribution in [0.15, 0.2) is 64.0 Å². The summed E-state index contributed by atoms with van der Waals surface area (Å²) in [6.45, 7) is 11.1. The van der Waals surface area contributed by atoms with Gasteiger partial charge in [-0.1, -0.05) is 32.0 Å². The predicted molar refractivity (Wildman–Crippen MR) is 286 cm³/mol. The molecule has 18 heteroatoms. The van der Waals surface area contributed by atoms with Crippen LogP contribution in [0.4, 0.5) is 28.8 Å². The number of carbonyl (C=O) groups excluding carboxylic acids is 2. The van der Waals surface area contributed by atoms with E-state index in [0.29, 0.717) is 53.2 Å². The fraction of sp³-hybridized carbons (Fsp3) is 0.472. The molecule has 4 aliphatic heterocycles. The topological polar surface area (TPSA) is 172 Å². The number of anilines is 5. The number of hydrogen-bond acceptors (Lipinski definition) is 13. The van der Waals surface area contributed by atoms with Crippen molar-refractivity contribution in [3.63, 3.8) is 0 Å². The van der Waals surface area contributed by atoms with E-state index < -0.39 is 13.1 Å². The summed E-state index contributed by atoms with van der Waals surface area (Å²) in [7, 11) is 2.62. The van der Waals surface area contributed by atoms with Gasteiger partial charge in [0.15, 0.2) is 0 Å². The highest BCUT2D eigenvalue weighted by Crippen LogP contribution is 2.54. The van der Waals surface area contributed by atoms with Gasteiger partial charge in [-0.15, -0.1) is 0 Å². The van der Waals surface area contributed by atoms with Gasteiger partial charge in [-0.2, -0.15) is 4.98 Å². The molecule has 3 N–H and O–H groups in total. The summed E-state index contributed by atoms with van der Waals surface area (Å²) in [4.78, 5) is 60.1. The molecule has 374 valence electrons. The summed E-state index contributed by atoms with van der Waals surface area (Å²) in [5.74, 6) is 0.696. The van der Waals surface area contributed by atoms with Crippen LogP contribution in [0, 0.1) is 0 Å². The Morgan fingerprint density at radius 1 is 0.831 bits per heavy atom. The molecule has 71 heavy (non-hydrogen) atoms. The highest BCUT2D eigenvalue weighted by Gasteiger charge is 2.35. The number of imide groups is 1. The van der Waals surface area contributed by atoms with Gasteiger partial charge in [0.1, 0.15) is 18.7 Å². The van der Waals surface area contributed by atoms with Gasteiger partial charge >= 0.3 is 5.69 Å². The molecule has 4 aliphatic rings. The molecule has 3 aromatic carbocycles. The molecule has 1 atom stereocenters. The molecule has 10 rings (SSSR count). The molecular weight excluding hydrogens is 982 g/mol. The Labute approximate surface area is 423 Å². The fourth-order valence-corrected chi connectivity index (χ4v) is 15.2. The number of ether oxygens (including phenoxy) is 1. The van der Waals surface area contributed by atoms with Crippen molar-refractivity contribution in [2.75, 3.05) is 80.8 Å². The smallest absolute Gasteiger partial charge is 0.328 e. The van der Waals surface area contributed by atoms with Crippen molar-refractivity contribution in [3.8, 4) is 5.75 Å². The Balaban J connectivity index is 0.774. The molecule has 0 aliphatic carbocycles. The average molecular weight is 1050 g/mol. The lowest BCUT2D eigenvalue weighted by Crippen LogP contribution is -2.53. The lowest BCUT2D eigenvalue weighted by atomic mass is 9.88. The van der Waals surface area contributed by atoms with Crippen molar-refractivity contribution in [2.45, 2.75) is 83.6 Å². The Morgan fingerprint density at radius 3 is 2.31 bits per heavy atom. The second kappa shape index (κ2) is 20.5. The first-order valence-electron chi connectivity index (χ1n) is 25.4. The van der Waals surface area contributed by atoms with Crippen LogP contribution in [-0.4, -0.2) is 117 Å². The molecule has 6 aromatic rings. The Morgan fingerprint density at radius 2 is 1.59 bits per heavy atom. The van der Waals surface area contributed by atoms with E-state index >= 15 is 0 Å². The van der Waals surface area contributed by atoms with E-state index in [-0.39, 0.29) is 17.5 Å². The number of aromatic nitrogens is 5. The molecule has 0 radical (unpaired) electrons. The molecule has 4 saturated heterocycles. The number of benzene rings is 3. The molecule has 1 unspecified atom stereocenters. The number of hydrogen-bond donors (Lipinski definition) is 3. The van der Waals surface area contributed by atoms with Gasteiger partial charge in [0, 0.05) is 119 Å². The molecule has 16 nitrogen and oxygen atoms in total. The first-order valence-corrected chi connectivity index (χ1v) is 28.2. The van der Waals surface area contributed by atoms with E-state index in [1.165, 1.54) is 11.3 Å². The second-order valence-corrected chi connectivity index (χ2v) is 23.6. The number of nitrogens with one attached hydrogen (secondary N) is 3. The zero-order valence-corrected chi connectivity index (χ0v) is 44.0. The van der Waals surface area contributed by atoms with Gasteiger partial charge in [-0.3, -0.25) is 33.9 Å². The Bertz CT molecular complexity index is 3130. The number of fused-ring (bicyclic) bond motifs is 2. The summed E-state index contributed by atoms with van der Waals surface area (Å²) in [6, 6.07) is 17.0. The van der Waals surface area contributed by atoms with E-state index in [1.807, 2.05) is 24.3 Å². The third-order valence-electron chi connectivity index (χ3n) is 15.5. The van der Waals surface area contributed by atoms with Crippen molar-refractivity contribution in [1.82, 2.24) is 39.2 Å². The summed E-state index contributed by atoms with van der Waals surface area (Å²) >= 11 is 3.68. The van der Waals surface area contributed by atoms with E-state index in [0.717, 1.165) is 146 Å². The van der Waals surface area contributed by atoms with Crippen LogP contribution >= 0.6 is 23.1 Å². The molecular formula is C53H65BrN11O5P. The molecule has 2 amide bonds. The number of pyridine rings is 1. The average Bonchev–Trinajstić information content (AvgIpc) is 3.93. The third-order valence-corrected chi connectivity index (χ3v) is 19.5. The monoisotopic (exact) mass is 1050 g/mol. The summed E-state index contributed by atoms with van der Waals surface area (Å²) in [5.41, 5.74) is 9.30. The van der Waals surface area contributed by atoms with Gasteiger partial charge in [-0.05, 0) is 108 Å². The van der Waals surface area contributed by atoms with Crippen molar-refractivity contribution in [2.24, 2.45) is 14.1 Å². The van der Waals surface area contributed by atoms with Crippen LogP contribution in [0.2, 0.25) is 0 Å². The van der Waals surface area contributed by atoms with E-state index in [1.54, 1.807) is 36.5 Å². The minimum absolute atomic E-state index is 0.119. The van der Waals surface area contributed by atoms with Crippen LogP contribution in [0.3, 0.4) is 0 Å². The maximum Gasteiger partial charge on any atom is 0.328 e. The quantitative estimate of drug-likeness (QED) is 0.0716. The Kier molecular flexibility index (Phi) is 14.1. The lowest BCUT2D eigenvalue weighted by Gasteiger charge is -2.43. The van der Waals surface area contributed by atoms with E-state index in [9.17, 15) is 18.9 Å². The van der Waals surface area contributed by atoms with Gasteiger partial charge in [0.25, 0.3) is 0 Å². The summed E-state index contributed by atoms with van der Waals surface area (Å²) in [6.07, 6.45) is 10.4. The predicted octanol–water partition coefficient (Wildman–Crippen LogP) is 7.73. The number of halogens is 1. The molecule has 0 bridgehead atoms. The van der Waals surface area contributed by atoms with Crippen LogP contribution in [0.5, 0.6) is 5.75 Å². The number of aryl methyl sites for hydroxylation is 4. The summed E-state index contributed by atoms with van der Waals surface area (Å²) < 4.78 is 24.6. The SMILES string of the molecule is CCc1ccc2c(P3(=O)CCCC3)c(Nc3nc(Nc4cc(CC)c(N5CCC(N6CCN(CCc7ccc(C8CCC(=O)NC8=O)c8c7n(C)c(=O)n8C)CC6)CC5)cc4OC)ncc3Br)ccc2n1. The number of piperidine rings is 2. The normalized spacial score (nSPS) is 19.2. The molecule has 0 spiro atoms. The number of methoxy groups -OCH3 is 1. The second-order valence-electron chi connectivity index (χ2n) is 19.7. The Hall–Kier alpha value is -5.61. The number of piperazine rings is 1. The third kappa shape index (κ3) is 9.62. The van der Waals surface area contributed by atoms with Crippen LogP contribution in [-0.2, 0) is 47.5 Å². The maximum absolute atomic E-state index is 14.5. The van der Waals surface area contributed by atoms with E-state index in [4.69, 9.17) is 14.7 Å². The molecule has 4 fully saturated rings. The number of nitrogens with zero attached hydrogens (tertiary/aromatic N) is 8. The number of rotatable bonds is 14. The van der Waals surface area contributed by atoms with Gasteiger partial charge in [0.2, 0.25) is 17.8 Å². The standard InChI is InChI=1S/C53H65BrN11O5P/c1-6-33-30-43(58-52-55-32-40(54)50(60-52)57-42-16-15-41-39(13-11-35(7-2)56-41)49(42)71(69)28-8-9-29-71)45(70-5)31-44(33)65-22-19-36(20-23-65)64-26-24-63(25-27-64)21-18-34-10-12-37(38-14-17-46(66)59-51(38)67)48-47(34)61(3)53(68)62(48)4/h10-13,15-16,30-32,36,38H,6-9,14,17-29H2,1-5H3,(H,59,66,67)(H2,55,57,58,60). The zero-order valence-electron chi connectivity index (χ0n) is 41.5. The van der Waals surface area contributed by atoms with Crippen molar-refractivity contribution in [3.05, 3.63) is 92.1 Å². The highest BCUT2D eigenvalue weighted by molar-refractivity contribution is 9.10. The highest BCUT2D eigenvalue weighted by atomic mass is 79.9. The fourth-order valence-electron chi connectivity index (χ4n) is 11.6. The first kappa shape index (κ1) is 49.0. The largest absolute Gasteiger partial charge is 0.494 e. The summed E-state index contributed by atoms with van der Waals surface area (Å²) in [5, 5.41) is 11.3. The molecule has 0 saturated carbocycles. The number of imidazole rings is 1. The molecule has 7 heterocycles. The maximum atomic E-state index is 14.5. The van der Waals surface area contributed by atoms with Crippen molar-refractivity contribution < 1.29 is 18.9 Å².